The summed E-state index contributed by atoms with van der Waals surface area (Å²) in [6.45, 7) is 1.33. The normalized spacial score (nSPS) is 16.9. The highest BCUT2D eigenvalue weighted by atomic mass is 16.5. The molecule has 1 N–H and O–H groups in total. The number of ether oxygens (including phenoxy) is 3. The molecule has 1 aliphatic rings. The molecule has 1 amide bonds. The van der Waals surface area contributed by atoms with Gasteiger partial charge in [0.25, 0.3) is 5.91 Å². The predicted molar refractivity (Wildman–Crippen MR) is 95.7 cm³/mol. The molecule has 1 fully saturated rings. The number of rotatable bonds is 5. The Morgan fingerprint density at radius 1 is 1.19 bits per heavy atom. The number of morpholine rings is 1. The fourth-order valence-corrected chi connectivity index (χ4v) is 2.89. The van der Waals surface area contributed by atoms with Crippen molar-refractivity contribution >= 4 is 11.7 Å². The van der Waals surface area contributed by atoms with Gasteiger partial charge in [0.05, 0.1) is 27.4 Å². The molecule has 3 rings (SSSR count). The van der Waals surface area contributed by atoms with Gasteiger partial charge in [-0.15, -0.1) is 0 Å². The molecule has 1 aliphatic heterocycles. The molecule has 0 aliphatic carbocycles. The molecule has 1 atom stereocenters. The van der Waals surface area contributed by atoms with E-state index in [-0.39, 0.29) is 12.0 Å². The molecule has 2 aromatic rings. The second kappa shape index (κ2) is 8.01. The standard InChI is InChI=1S/C18H22N4O4/c1-19-17-16(20-4-5-21-17)15-11-22(6-7-26-15)18(23)12-8-13(24-2)10-14(9-12)25-3/h4-5,8-10,15H,6-7,11H2,1-3H3,(H,19,21)/t15-/m1/s1. The maximum absolute atomic E-state index is 13.0. The smallest absolute Gasteiger partial charge is 0.254 e. The van der Waals surface area contributed by atoms with Crippen LogP contribution in [0.5, 0.6) is 11.5 Å². The molecule has 1 aromatic heterocycles. The topological polar surface area (TPSA) is 85.8 Å². The van der Waals surface area contributed by atoms with Crippen LogP contribution in [0.1, 0.15) is 22.2 Å². The molecule has 8 heteroatoms. The van der Waals surface area contributed by atoms with Gasteiger partial charge in [0.1, 0.15) is 29.1 Å². The number of carbonyl (C=O) groups is 1. The molecule has 0 bridgehead atoms. The van der Waals surface area contributed by atoms with E-state index in [9.17, 15) is 4.79 Å². The predicted octanol–water partition coefficient (Wildman–Crippen LogP) is 1.75. The third-order valence-corrected chi connectivity index (χ3v) is 4.22. The highest BCUT2D eigenvalue weighted by Crippen LogP contribution is 2.28. The van der Waals surface area contributed by atoms with Crippen LogP contribution in [0.3, 0.4) is 0 Å². The number of hydrogen-bond acceptors (Lipinski definition) is 7. The Kier molecular flexibility index (Phi) is 5.52. The highest BCUT2D eigenvalue weighted by molar-refractivity contribution is 5.95. The van der Waals surface area contributed by atoms with Gasteiger partial charge in [-0.25, -0.2) is 4.98 Å². The van der Waals surface area contributed by atoms with Crippen molar-refractivity contribution in [3.05, 3.63) is 41.9 Å². The zero-order valence-electron chi connectivity index (χ0n) is 15.1. The van der Waals surface area contributed by atoms with Crippen LogP contribution in [0.2, 0.25) is 0 Å². The minimum absolute atomic E-state index is 0.106. The molecular weight excluding hydrogens is 336 g/mol. The van der Waals surface area contributed by atoms with E-state index in [0.717, 1.165) is 0 Å². The number of hydrogen-bond donors (Lipinski definition) is 1. The van der Waals surface area contributed by atoms with Crippen molar-refractivity contribution < 1.29 is 19.0 Å². The Bertz CT molecular complexity index is 761. The fourth-order valence-electron chi connectivity index (χ4n) is 2.89. The Labute approximate surface area is 152 Å². The molecular formula is C18H22N4O4. The summed E-state index contributed by atoms with van der Waals surface area (Å²) in [4.78, 5) is 23.3. The number of aromatic nitrogens is 2. The zero-order valence-corrected chi connectivity index (χ0v) is 15.1. The lowest BCUT2D eigenvalue weighted by atomic mass is 10.1. The number of benzene rings is 1. The summed E-state index contributed by atoms with van der Waals surface area (Å²) in [6.07, 6.45) is 2.90. The van der Waals surface area contributed by atoms with Crippen LogP contribution in [0.4, 0.5) is 5.82 Å². The summed E-state index contributed by atoms with van der Waals surface area (Å²) in [6, 6.07) is 5.14. The van der Waals surface area contributed by atoms with Gasteiger partial charge in [-0.2, -0.15) is 0 Å². The summed E-state index contributed by atoms with van der Waals surface area (Å²) < 4.78 is 16.3. The third-order valence-electron chi connectivity index (χ3n) is 4.22. The first-order valence-electron chi connectivity index (χ1n) is 8.29. The number of anilines is 1. The van der Waals surface area contributed by atoms with E-state index in [2.05, 4.69) is 15.3 Å². The van der Waals surface area contributed by atoms with Gasteiger partial charge in [-0.05, 0) is 12.1 Å². The molecule has 1 aromatic carbocycles. The van der Waals surface area contributed by atoms with Crippen LogP contribution < -0.4 is 14.8 Å². The van der Waals surface area contributed by atoms with E-state index in [1.54, 1.807) is 56.8 Å². The second-order valence-electron chi connectivity index (χ2n) is 5.75. The first-order valence-corrected chi connectivity index (χ1v) is 8.29. The maximum atomic E-state index is 13.0. The Balaban J connectivity index is 1.82. The van der Waals surface area contributed by atoms with E-state index in [1.165, 1.54) is 0 Å². The van der Waals surface area contributed by atoms with E-state index in [0.29, 0.717) is 48.3 Å². The lowest BCUT2D eigenvalue weighted by Crippen LogP contribution is -2.42. The Morgan fingerprint density at radius 3 is 2.54 bits per heavy atom. The molecule has 138 valence electrons. The lowest BCUT2D eigenvalue weighted by molar-refractivity contribution is -0.0245. The minimum Gasteiger partial charge on any atom is -0.497 e. The fraction of sp³-hybridized carbons (Fsp3) is 0.389. The number of amides is 1. The van der Waals surface area contributed by atoms with Gasteiger partial charge in [0, 0.05) is 37.6 Å². The monoisotopic (exact) mass is 358 g/mol. The highest BCUT2D eigenvalue weighted by Gasteiger charge is 2.29. The average molecular weight is 358 g/mol. The van der Waals surface area contributed by atoms with E-state index < -0.39 is 0 Å². The maximum Gasteiger partial charge on any atom is 0.254 e. The molecule has 26 heavy (non-hydrogen) atoms. The average Bonchev–Trinajstić information content (AvgIpc) is 2.72. The van der Waals surface area contributed by atoms with Gasteiger partial charge in [-0.3, -0.25) is 9.78 Å². The van der Waals surface area contributed by atoms with Crippen molar-refractivity contribution in [3.63, 3.8) is 0 Å². The van der Waals surface area contributed by atoms with E-state index >= 15 is 0 Å². The second-order valence-corrected chi connectivity index (χ2v) is 5.75. The van der Waals surface area contributed by atoms with Gasteiger partial charge in [0.15, 0.2) is 0 Å². The SMILES string of the molecule is CNc1nccnc1[C@H]1CN(C(=O)c2cc(OC)cc(OC)c2)CCO1. The third kappa shape index (κ3) is 3.70. The Morgan fingerprint density at radius 2 is 1.88 bits per heavy atom. The lowest BCUT2D eigenvalue weighted by Gasteiger charge is -2.33. The summed E-state index contributed by atoms with van der Waals surface area (Å²) in [5, 5.41) is 3.01. The quantitative estimate of drug-likeness (QED) is 0.871. The zero-order chi connectivity index (χ0) is 18.5. The van der Waals surface area contributed by atoms with Crippen LogP contribution >= 0.6 is 0 Å². The van der Waals surface area contributed by atoms with Gasteiger partial charge in [-0.1, -0.05) is 0 Å². The van der Waals surface area contributed by atoms with Crippen LogP contribution in [0.25, 0.3) is 0 Å². The molecule has 1 saturated heterocycles. The number of nitrogens with one attached hydrogen (secondary N) is 1. The van der Waals surface area contributed by atoms with Crippen molar-refractivity contribution in [2.45, 2.75) is 6.10 Å². The van der Waals surface area contributed by atoms with Crippen LogP contribution in [0, 0.1) is 0 Å². The van der Waals surface area contributed by atoms with E-state index in [1.807, 2.05) is 0 Å². The summed E-state index contributed by atoms with van der Waals surface area (Å²) in [5.41, 5.74) is 1.20. The van der Waals surface area contributed by atoms with Crippen LogP contribution in [-0.2, 0) is 4.74 Å². The minimum atomic E-state index is -0.337. The number of methoxy groups -OCH3 is 2. The van der Waals surface area contributed by atoms with Gasteiger partial charge >= 0.3 is 0 Å². The van der Waals surface area contributed by atoms with Crippen molar-refractivity contribution in [2.24, 2.45) is 0 Å². The van der Waals surface area contributed by atoms with Crippen molar-refractivity contribution in [2.75, 3.05) is 46.3 Å². The number of nitrogens with zero attached hydrogens (tertiary/aromatic N) is 3. The summed E-state index contributed by atoms with van der Waals surface area (Å²) >= 11 is 0. The molecule has 0 spiro atoms. The van der Waals surface area contributed by atoms with Crippen molar-refractivity contribution in [1.29, 1.82) is 0 Å². The Hall–Kier alpha value is -2.87. The van der Waals surface area contributed by atoms with Crippen molar-refractivity contribution in [1.82, 2.24) is 14.9 Å². The molecule has 0 saturated carbocycles. The largest absolute Gasteiger partial charge is 0.497 e. The van der Waals surface area contributed by atoms with Gasteiger partial charge in [0.2, 0.25) is 0 Å². The first-order chi connectivity index (χ1) is 12.7. The molecule has 2 heterocycles. The first kappa shape index (κ1) is 17.9. The van der Waals surface area contributed by atoms with E-state index in [4.69, 9.17) is 14.2 Å². The number of carbonyl (C=O) groups excluding carboxylic acids is 1. The van der Waals surface area contributed by atoms with Gasteiger partial charge < -0.3 is 24.4 Å². The van der Waals surface area contributed by atoms with Crippen molar-refractivity contribution in [3.8, 4) is 11.5 Å². The molecule has 0 radical (unpaired) electrons. The van der Waals surface area contributed by atoms with Crippen LogP contribution in [-0.4, -0.2) is 61.7 Å². The summed E-state index contributed by atoms with van der Waals surface area (Å²) in [5.74, 6) is 1.69. The molecule has 0 unspecified atom stereocenters. The van der Waals surface area contributed by atoms with Crippen LogP contribution in [0.15, 0.2) is 30.6 Å². The summed E-state index contributed by atoms with van der Waals surface area (Å²) in [7, 11) is 4.89. The molecule has 8 nitrogen and oxygen atoms in total.